The minimum Gasteiger partial charge on any atom is -0.396 e. The largest absolute Gasteiger partial charge is 0.396 e. The normalized spacial score (nSPS) is 31.9. The average molecular weight is 419 g/mol. The molecular formula is C21H22O5S2. The van der Waals surface area contributed by atoms with Crippen molar-refractivity contribution in [1.29, 1.82) is 0 Å². The monoisotopic (exact) mass is 418 g/mol. The van der Waals surface area contributed by atoms with Crippen LogP contribution >= 0.6 is 0 Å². The minimum atomic E-state index is -3.93. The topological polar surface area (TPSA) is 88.5 Å². The third-order valence-electron chi connectivity index (χ3n) is 6.28. The summed E-state index contributed by atoms with van der Waals surface area (Å²) in [7, 11) is -7.87. The fraction of sp³-hybridized carbons (Fsp3) is 0.333. The first kappa shape index (κ1) is 19.4. The van der Waals surface area contributed by atoms with Crippen molar-refractivity contribution in [1.82, 2.24) is 0 Å². The van der Waals surface area contributed by atoms with Gasteiger partial charge in [-0.1, -0.05) is 55.5 Å². The molecule has 0 radical (unpaired) electrons. The summed E-state index contributed by atoms with van der Waals surface area (Å²) in [5.41, 5.74) is -0.834. The first-order chi connectivity index (χ1) is 13.2. The second kappa shape index (κ2) is 6.54. The van der Waals surface area contributed by atoms with E-state index in [0.29, 0.717) is 0 Å². The van der Waals surface area contributed by atoms with E-state index < -0.39 is 47.4 Å². The first-order valence-electron chi connectivity index (χ1n) is 9.11. The molecule has 2 aromatic rings. The summed E-state index contributed by atoms with van der Waals surface area (Å²) in [6, 6.07) is 15.9. The lowest BCUT2D eigenvalue weighted by Gasteiger charge is -2.28. The molecule has 2 aliphatic carbocycles. The van der Waals surface area contributed by atoms with Crippen molar-refractivity contribution in [3.63, 3.8) is 0 Å². The number of fused-ring (bicyclic) bond motifs is 2. The van der Waals surface area contributed by atoms with Gasteiger partial charge in [0.1, 0.15) is 0 Å². The van der Waals surface area contributed by atoms with Crippen LogP contribution in [0.5, 0.6) is 0 Å². The Morgan fingerprint density at radius 3 is 1.43 bits per heavy atom. The van der Waals surface area contributed by atoms with Crippen LogP contribution in [0, 0.1) is 17.3 Å². The Morgan fingerprint density at radius 1 is 0.750 bits per heavy atom. The van der Waals surface area contributed by atoms with E-state index in [2.05, 4.69) is 0 Å². The van der Waals surface area contributed by atoms with Gasteiger partial charge in [-0.15, -0.1) is 0 Å². The highest BCUT2D eigenvalue weighted by Crippen LogP contribution is 2.59. The zero-order valence-electron chi connectivity index (χ0n) is 15.3. The molecule has 0 heterocycles. The summed E-state index contributed by atoms with van der Waals surface area (Å²) in [4.78, 5) is 0.212. The van der Waals surface area contributed by atoms with Gasteiger partial charge < -0.3 is 5.11 Å². The zero-order chi connectivity index (χ0) is 20.2. The lowest BCUT2D eigenvalue weighted by atomic mass is 9.79. The molecule has 4 atom stereocenters. The standard InChI is InChI=1S/C21H22O5S2/c1-21(14-22)17-12-13-18(21)20(28(25,26)16-10-6-3-7-11-16)19(17)27(23,24)15-8-4-2-5-9-15/h2-13,17-20,22H,14H2,1H3/t17-,18-,19+,20+/m0/s1. The molecule has 2 bridgehead atoms. The van der Waals surface area contributed by atoms with Crippen molar-refractivity contribution in [3.8, 4) is 0 Å². The molecule has 5 nitrogen and oxygen atoms in total. The van der Waals surface area contributed by atoms with Gasteiger partial charge in [0.2, 0.25) is 0 Å². The van der Waals surface area contributed by atoms with Crippen molar-refractivity contribution in [2.45, 2.75) is 27.2 Å². The second-order valence-electron chi connectivity index (χ2n) is 7.75. The molecule has 2 aromatic carbocycles. The van der Waals surface area contributed by atoms with Crippen molar-refractivity contribution >= 4 is 19.7 Å². The fourth-order valence-electron chi connectivity index (χ4n) is 4.76. The quantitative estimate of drug-likeness (QED) is 0.754. The van der Waals surface area contributed by atoms with E-state index >= 15 is 0 Å². The molecule has 28 heavy (non-hydrogen) atoms. The van der Waals surface area contributed by atoms with E-state index in [0.717, 1.165) is 0 Å². The SMILES string of the molecule is CC1(CO)[C@H]2C=C[C@H]1[C@@H](S(=O)(=O)c1ccccc1)[C@@H]2S(=O)(=O)c1ccccc1. The van der Waals surface area contributed by atoms with E-state index in [1.54, 1.807) is 55.5 Å². The minimum absolute atomic E-state index is 0.106. The zero-order valence-corrected chi connectivity index (χ0v) is 17.0. The van der Waals surface area contributed by atoms with Crippen LogP contribution in [0.4, 0.5) is 0 Å². The molecule has 1 N–H and O–H groups in total. The molecule has 1 saturated carbocycles. The van der Waals surface area contributed by atoms with Crippen LogP contribution in [-0.4, -0.2) is 39.0 Å². The lowest BCUT2D eigenvalue weighted by Crippen LogP contribution is -2.42. The maximum Gasteiger partial charge on any atom is 0.183 e. The fourth-order valence-corrected chi connectivity index (χ4v) is 9.96. The van der Waals surface area contributed by atoms with Gasteiger partial charge in [0.25, 0.3) is 0 Å². The lowest BCUT2D eigenvalue weighted by molar-refractivity contribution is 0.106. The summed E-state index contributed by atoms with van der Waals surface area (Å²) in [5, 5.41) is 7.79. The Balaban J connectivity index is 1.92. The van der Waals surface area contributed by atoms with Crippen LogP contribution in [0.1, 0.15) is 6.92 Å². The number of allylic oxidation sites excluding steroid dienone is 2. The summed E-state index contributed by atoms with van der Waals surface area (Å²) in [5.74, 6) is -1.15. The molecule has 7 heteroatoms. The number of aliphatic hydroxyl groups is 1. The highest BCUT2D eigenvalue weighted by Gasteiger charge is 2.66. The molecule has 0 aliphatic heterocycles. The summed E-state index contributed by atoms with van der Waals surface area (Å²) in [6.07, 6.45) is 3.53. The van der Waals surface area contributed by atoms with Crippen molar-refractivity contribution in [2.75, 3.05) is 6.61 Å². The number of hydrogen-bond acceptors (Lipinski definition) is 5. The highest BCUT2D eigenvalue weighted by molar-refractivity contribution is 7.96. The maximum atomic E-state index is 13.5. The van der Waals surface area contributed by atoms with Gasteiger partial charge >= 0.3 is 0 Å². The molecule has 0 unspecified atom stereocenters. The predicted molar refractivity (Wildman–Crippen MR) is 106 cm³/mol. The van der Waals surface area contributed by atoms with E-state index in [-0.39, 0.29) is 16.4 Å². The van der Waals surface area contributed by atoms with Crippen molar-refractivity contribution in [2.24, 2.45) is 17.3 Å². The van der Waals surface area contributed by atoms with Gasteiger partial charge in [0.05, 0.1) is 20.3 Å². The van der Waals surface area contributed by atoms with Crippen molar-refractivity contribution < 1.29 is 21.9 Å². The third-order valence-corrected chi connectivity index (χ3v) is 10.9. The third kappa shape index (κ3) is 2.60. The summed E-state index contributed by atoms with van der Waals surface area (Å²) < 4.78 is 54.1. The molecule has 4 rings (SSSR count). The first-order valence-corrected chi connectivity index (χ1v) is 12.2. The second-order valence-corrected chi connectivity index (χ2v) is 12.0. The van der Waals surface area contributed by atoms with Crippen LogP contribution in [0.2, 0.25) is 0 Å². The smallest absolute Gasteiger partial charge is 0.183 e. The molecular weight excluding hydrogens is 396 g/mol. The summed E-state index contributed by atoms with van der Waals surface area (Å²) in [6.45, 7) is 1.49. The Hall–Kier alpha value is -1.96. The Labute approximate surface area is 165 Å². The number of sulfone groups is 2. The van der Waals surface area contributed by atoms with Gasteiger partial charge in [-0.25, -0.2) is 16.8 Å². The van der Waals surface area contributed by atoms with Crippen molar-refractivity contribution in [3.05, 3.63) is 72.8 Å². The van der Waals surface area contributed by atoms with Gasteiger partial charge in [-0.2, -0.15) is 0 Å². The molecule has 0 saturated heterocycles. The maximum absolute atomic E-state index is 13.5. The average Bonchev–Trinajstić information content (AvgIpc) is 3.18. The molecule has 0 aromatic heterocycles. The van der Waals surface area contributed by atoms with Crippen LogP contribution in [-0.2, 0) is 19.7 Å². The van der Waals surface area contributed by atoms with Crippen LogP contribution in [0.25, 0.3) is 0 Å². The number of rotatable bonds is 5. The Morgan fingerprint density at radius 2 is 1.11 bits per heavy atom. The van der Waals surface area contributed by atoms with E-state index in [1.807, 2.05) is 0 Å². The number of benzene rings is 2. The Kier molecular flexibility index (Phi) is 4.52. The highest BCUT2D eigenvalue weighted by atomic mass is 32.2. The Bertz CT molecular complexity index is 1020. The molecule has 0 amide bonds. The number of hydrogen-bond donors (Lipinski definition) is 1. The van der Waals surface area contributed by atoms with Gasteiger partial charge in [-0.05, 0) is 24.3 Å². The van der Waals surface area contributed by atoms with Crippen LogP contribution in [0.15, 0.2) is 82.6 Å². The summed E-state index contributed by atoms with van der Waals surface area (Å²) >= 11 is 0. The van der Waals surface area contributed by atoms with Gasteiger partial charge in [-0.3, -0.25) is 0 Å². The van der Waals surface area contributed by atoms with E-state index in [4.69, 9.17) is 0 Å². The molecule has 2 aliphatic rings. The molecule has 0 spiro atoms. The van der Waals surface area contributed by atoms with E-state index in [1.165, 1.54) is 24.3 Å². The van der Waals surface area contributed by atoms with E-state index in [9.17, 15) is 21.9 Å². The van der Waals surface area contributed by atoms with Gasteiger partial charge in [0.15, 0.2) is 19.7 Å². The number of aliphatic hydroxyl groups excluding tert-OH is 1. The van der Waals surface area contributed by atoms with Gasteiger partial charge in [0, 0.05) is 23.9 Å². The van der Waals surface area contributed by atoms with Crippen LogP contribution in [0.3, 0.4) is 0 Å². The molecule has 148 valence electrons. The predicted octanol–water partition coefficient (Wildman–Crippen LogP) is 2.49. The van der Waals surface area contributed by atoms with Crippen LogP contribution < -0.4 is 0 Å². The molecule has 1 fully saturated rings.